The Labute approximate surface area is 120 Å². The van der Waals surface area contributed by atoms with Gasteiger partial charge < -0.3 is 5.32 Å². The normalized spacial score (nSPS) is 10.7. The van der Waals surface area contributed by atoms with Crippen LogP contribution in [-0.2, 0) is 6.54 Å². The molecular formula is C17H20ClN. The van der Waals surface area contributed by atoms with Crippen molar-refractivity contribution in [1.29, 1.82) is 0 Å². The van der Waals surface area contributed by atoms with E-state index in [2.05, 4.69) is 62.5 Å². The first-order valence-electron chi connectivity index (χ1n) is 6.68. The van der Waals surface area contributed by atoms with Crippen molar-refractivity contribution in [2.45, 2.75) is 27.3 Å². The molecule has 1 nitrogen and oxygen atoms in total. The summed E-state index contributed by atoms with van der Waals surface area (Å²) in [6.45, 7) is 8.13. The molecule has 0 saturated carbocycles. The fourth-order valence-corrected chi connectivity index (χ4v) is 2.50. The molecule has 2 aromatic rings. The van der Waals surface area contributed by atoms with Gasteiger partial charge in [0.15, 0.2) is 0 Å². The van der Waals surface area contributed by atoms with Gasteiger partial charge in [0.25, 0.3) is 0 Å². The molecule has 1 N–H and O–H groups in total. The molecule has 0 aliphatic rings. The minimum absolute atomic E-state index is 0.822. The molecule has 100 valence electrons. The van der Waals surface area contributed by atoms with Crippen molar-refractivity contribution in [2.75, 3.05) is 6.54 Å². The third kappa shape index (κ3) is 3.37. The van der Waals surface area contributed by atoms with Gasteiger partial charge in [0.05, 0.1) is 0 Å². The molecule has 0 bridgehead atoms. The first kappa shape index (κ1) is 14.1. The predicted molar refractivity (Wildman–Crippen MR) is 83.7 cm³/mol. The molecule has 2 rings (SSSR count). The summed E-state index contributed by atoms with van der Waals surface area (Å²) in [6, 6.07) is 12.8. The molecule has 0 heterocycles. The summed E-state index contributed by atoms with van der Waals surface area (Å²) in [5.41, 5.74) is 6.16. The summed E-state index contributed by atoms with van der Waals surface area (Å²) >= 11 is 6.36. The number of aryl methyl sites for hydroxylation is 2. The fourth-order valence-electron chi connectivity index (χ4n) is 2.26. The van der Waals surface area contributed by atoms with Crippen LogP contribution >= 0.6 is 11.6 Å². The highest BCUT2D eigenvalue weighted by atomic mass is 35.5. The van der Waals surface area contributed by atoms with Gasteiger partial charge in [-0.1, -0.05) is 54.4 Å². The van der Waals surface area contributed by atoms with Gasteiger partial charge in [0.2, 0.25) is 0 Å². The highest BCUT2D eigenvalue weighted by Gasteiger charge is 2.06. The molecule has 0 amide bonds. The lowest BCUT2D eigenvalue weighted by Crippen LogP contribution is -2.11. The Morgan fingerprint density at radius 2 is 1.84 bits per heavy atom. The van der Waals surface area contributed by atoms with Crippen LogP contribution in [0.25, 0.3) is 11.1 Å². The molecule has 0 aliphatic carbocycles. The third-order valence-electron chi connectivity index (χ3n) is 3.31. The summed E-state index contributed by atoms with van der Waals surface area (Å²) in [5.74, 6) is 0. The van der Waals surface area contributed by atoms with Crippen molar-refractivity contribution in [2.24, 2.45) is 0 Å². The quantitative estimate of drug-likeness (QED) is 0.849. The van der Waals surface area contributed by atoms with Crippen LogP contribution < -0.4 is 5.32 Å². The average molecular weight is 274 g/mol. The lowest BCUT2D eigenvalue weighted by molar-refractivity contribution is 0.727. The summed E-state index contributed by atoms with van der Waals surface area (Å²) in [6.07, 6.45) is 0. The molecule has 2 aromatic carbocycles. The number of nitrogens with one attached hydrogen (secondary N) is 1. The van der Waals surface area contributed by atoms with E-state index >= 15 is 0 Å². The van der Waals surface area contributed by atoms with E-state index in [9.17, 15) is 0 Å². The van der Waals surface area contributed by atoms with E-state index in [0.717, 1.165) is 23.7 Å². The zero-order valence-electron chi connectivity index (χ0n) is 11.8. The number of rotatable bonds is 4. The van der Waals surface area contributed by atoms with E-state index in [1.165, 1.54) is 22.3 Å². The maximum absolute atomic E-state index is 6.36. The van der Waals surface area contributed by atoms with Crippen molar-refractivity contribution in [3.63, 3.8) is 0 Å². The molecular weight excluding hydrogens is 254 g/mol. The second-order valence-corrected chi connectivity index (χ2v) is 5.31. The molecule has 0 aliphatic heterocycles. The van der Waals surface area contributed by atoms with Crippen LogP contribution in [0.1, 0.15) is 23.6 Å². The van der Waals surface area contributed by atoms with E-state index in [1.54, 1.807) is 0 Å². The van der Waals surface area contributed by atoms with Crippen molar-refractivity contribution in [3.05, 3.63) is 58.1 Å². The first-order chi connectivity index (χ1) is 9.11. The van der Waals surface area contributed by atoms with Crippen LogP contribution in [-0.4, -0.2) is 6.54 Å². The Morgan fingerprint density at radius 3 is 2.47 bits per heavy atom. The number of benzene rings is 2. The largest absolute Gasteiger partial charge is 0.313 e. The summed E-state index contributed by atoms with van der Waals surface area (Å²) in [7, 11) is 0. The third-order valence-corrected chi connectivity index (χ3v) is 3.66. The van der Waals surface area contributed by atoms with Gasteiger partial charge in [-0.25, -0.2) is 0 Å². The van der Waals surface area contributed by atoms with Gasteiger partial charge in [-0.2, -0.15) is 0 Å². The molecule has 0 unspecified atom stereocenters. The zero-order valence-corrected chi connectivity index (χ0v) is 12.5. The average Bonchev–Trinajstić information content (AvgIpc) is 2.37. The number of halogens is 1. The molecule has 0 aromatic heterocycles. The minimum atomic E-state index is 0.822. The van der Waals surface area contributed by atoms with Crippen molar-refractivity contribution < 1.29 is 0 Å². The van der Waals surface area contributed by atoms with Crippen molar-refractivity contribution >= 4 is 11.6 Å². The molecule has 0 fully saturated rings. The lowest BCUT2D eigenvalue weighted by Gasteiger charge is -2.10. The molecule has 0 radical (unpaired) electrons. The second-order valence-electron chi connectivity index (χ2n) is 4.90. The van der Waals surface area contributed by atoms with Crippen LogP contribution in [0.4, 0.5) is 0 Å². The number of hydrogen-bond donors (Lipinski definition) is 1. The first-order valence-corrected chi connectivity index (χ1v) is 7.06. The molecule has 19 heavy (non-hydrogen) atoms. The smallest absolute Gasteiger partial charge is 0.0457 e. The summed E-state index contributed by atoms with van der Waals surface area (Å²) in [5, 5.41) is 4.13. The highest BCUT2D eigenvalue weighted by molar-refractivity contribution is 6.31. The van der Waals surface area contributed by atoms with Gasteiger partial charge in [0, 0.05) is 11.6 Å². The predicted octanol–water partition coefficient (Wildman–Crippen LogP) is 4.73. The van der Waals surface area contributed by atoms with Crippen molar-refractivity contribution in [3.8, 4) is 11.1 Å². The van der Waals surface area contributed by atoms with Crippen molar-refractivity contribution in [1.82, 2.24) is 5.32 Å². The molecule has 2 heteroatoms. The summed E-state index contributed by atoms with van der Waals surface area (Å²) in [4.78, 5) is 0. The van der Waals surface area contributed by atoms with Crippen LogP contribution in [0, 0.1) is 13.8 Å². The Kier molecular flexibility index (Phi) is 4.62. The molecule has 0 saturated heterocycles. The molecule has 0 atom stereocenters. The maximum atomic E-state index is 6.36. The van der Waals surface area contributed by atoms with Gasteiger partial charge in [-0.3, -0.25) is 0 Å². The lowest BCUT2D eigenvalue weighted by atomic mass is 9.98. The van der Waals surface area contributed by atoms with Gasteiger partial charge in [-0.05, 0) is 48.7 Å². The standard InChI is InChI=1S/C17H20ClN/c1-4-19-11-15-7-6-14(10-17(15)18)16-8-5-12(2)9-13(16)3/h5-10,19H,4,11H2,1-3H3. The Balaban J connectivity index is 2.33. The SMILES string of the molecule is CCNCc1ccc(-c2ccc(C)cc2C)cc1Cl. The Bertz CT molecular complexity index is 575. The van der Waals surface area contributed by atoms with E-state index in [1.807, 2.05) is 0 Å². The zero-order chi connectivity index (χ0) is 13.8. The molecule has 0 spiro atoms. The van der Waals surface area contributed by atoms with Gasteiger partial charge >= 0.3 is 0 Å². The van der Waals surface area contributed by atoms with E-state index < -0.39 is 0 Å². The Hall–Kier alpha value is -1.31. The topological polar surface area (TPSA) is 12.0 Å². The van der Waals surface area contributed by atoms with E-state index in [-0.39, 0.29) is 0 Å². The van der Waals surface area contributed by atoms with Crippen LogP contribution in [0.2, 0.25) is 5.02 Å². The Morgan fingerprint density at radius 1 is 1.05 bits per heavy atom. The van der Waals surface area contributed by atoms with E-state index in [0.29, 0.717) is 0 Å². The van der Waals surface area contributed by atoms with Crippen LogP contribution in [0.5, 0.6) is 0 Å². The number of hydrogen-bond acceptors (Lipinski definition) is 1. The fraction of sp³-hybridized carbons (Fsp3) is 0.294. The monoisotopic (exact) mass is 273 g/mol. The minimum Gasteiger partial charge on any atom is -0.313 e. The van der Waals surface area contributed by atoms with E-state index in [4.69, 9.17) is 11.6 Å². The van der Waals surface area contributed by atoms with Crippen LogP contribution in [0.3, 0.4) is 0 Å². The maximum Gasteiger partial charge on any atom is 0.0457 e. The van der Waals surface area contributed by atoms with Gasteiger partial charge in [-0.15, -0.1) is 0 Å². The summed E-state index contributed by atoms with van der Waals surface area (Å²) < 4.78 is 0. The van der Waals surface area contributed by atoms with Gasteiger partial charge in [0.1, 0.15) is 0 Å². The highest BCUT2D eigenvalue weighted by Crippen LogP contribution is 2.28. The second kappa shape index (κ2) is 6.23. The van der Waals surface area contributed by atoms with Crippen LogP contribution in [0.15, 0.2) is 36.4 Å².